The Balaban J connectivity index is 2.34. The van der Waals surface area contributed by atoms with Gasteiger partial charge in [-0.25, -0.2) is 8.42 Å². The SMILES string of the molecule is O=S(=O)(c1cc(Br)sc1Br)N1CC(O)C1. The second-order valence-corrected chi connectivity index (χ2v) is 8.82. The quantitative estimate of drug-likeness (QED) is 0.853. The van der Waals surface area contributed by atoms with E-state index in [1.807, 2.05) is 0 Å². The van der Waals surface area contributed by atoms with Crippen molar-refractivity contribution >= 4 is 53.2 Å². The number of β-amino-alcohol motifs (C(OH)–C–C–N with tert-alkyl or cyclic N) is 1. The average molecular weight is 377 g/mol. The van der Waals surface area contributed by atoms with Crippen LogP contribution in [0.4, 0.5) is 0 Å². The van der Waals surface area contributed by atoms with Gasteiger partial charge in [-0.05, 0) is 37.9 Å². The minimum absolute atomic E-state index is 0.183. The Morgan fingerprint density at radius 3 is 2.47 bits per heavy atom. The van der Waals surface area contributed by atoms with Gasteiger partial charge in [0.1, 0.15) is 4.90 Å². The van der Waals surface area contributed by atoms with Gasteiger partial charge in [0.05, 0.1) is 13.7 Å². The fraction of sp³-hybridized carbons (Fsp3) is 0.429. The van der Waals surface area contributed by atoms with Crippen LogP contribution in [0.25, 0.3) is 0 Å². The summed E-state index contributed by atoms with van der Waals surface area (Å²) in [6, 6.07) is 1.56. The first-order valence-corrected chi connectivity index (χ1v) is 7.88. The summed E-state index contributed by atoms with van der Waals surface area (Å²) in [6.45, 7) is 0.366. The van der Waals surface area contributed by atoms with Gasteiger partial charge >= 0.3 is 0 Å². The molecule has 0 amide bonds. The van der Waals surface area contributed by atoms with Crippen LogP contribution >= 0.6 is 43.2 Å². The number of sulfonamides is 1. The van der Waals surface area contributed by atoms with E-state index in [1.54, 1.807) is 6.07 Å². The molecule has 0 unspecified atom stereocenters. The summed E-state index contributed by atoms with van der Waals surface area (Å²) >= 11 is 7.76. The first kappa shape index (κ1) is 12.0. The maximum Gasteiger partial charge on any atom is 0.245 e. The number of aliphatic hydroxyl groups is 1. The van der Waals surface area contributed by atoms with E-state index in [2.05, 4.69) is 31.9 Å². The molecular weight excluding hydrogens is 370 g/mol. The molecule has 1 aliphatic heterocycles. The van der Waals surface area contributed by atoms with Crippen molar-refractivity contribution in [3.05, 3.63) is 13.6 Å². The third-order valence-corrected chi connectivity index (χ3v) is 6.66. The van der Waals surface area contributed by atoms with E-state index < -0.39 is 16.1 Å². The van der Waals surface area contributed by atoms with Gasteiger partial charge in [0.25, 0.3) is 0 Å². The third-order valence-electron chi connectivity index (χ3n) is 2.07. The molecule has 1 saturated heterocycles. The molecule has 1 N–H and O–H groups in total. The molecule has 0 saturated carbocycles. The normalized spacial score (nSPS) is 19.1. The Bertz CT molecular complexity index is 478. The van der Waals surface area contributed by atoms with Crippen molar-refractivity contribution in [2.24, 2.45) is 0 Å². The topological polar surface area (TPSA) is 57.6 Å². The van der Waals surface area contributed by atoms with E-state index in [9.17, 15) is 8.42 Å². The Hall–Kier alpha value is 0.530. The molecule has 0 aliphatic carbocycles. The number of nitrogens with zero attached hydrogens (tertiary/aromatic N) is 1. The molecule has 15 heavy (non-hydrogen) atoms. The molecule has 0 spiro atoms. The van der Waals surface area contributed by atoms with Gasteiger partial charge in [0.15, 0.2) is 0 Å². The number of rotatable bonds is 2. The average Bonchev–Trinajstić information content (AvgIpc) is 2.40. The summed E-state index contributed by atoms with van der Waals surface area (Å²) in [5.41, 5.74) is 0. The lowest BCUT2D eigenvalue weighted by atomic mass is 10.2. The highest BCUT2D eigenvalue weighted by Gasteiger charge is 2.37. The van der Waals surface area contributed by atoms with Crippen molar-refractivity contribution in [3.8, 4) is 0 Å². The molecule has 0 radical (unpaired) electrons. The van der Waals surface area contributed by atoms with Gasteiger partial charge in [0.2, 0.25) is 10.0 Å². The van der Waals surface area contributed by atoms with E-state index in [0.717, 1.165) is 3.79 Å². The van der Waals surface area contributed by atoms with Crippen LogP contribution in [-0.4, -0.2) is 37.0 Å². The van der Waals surface area contributed by atoms with Crippen molar-refractivity contribution in [3.63, 3.8) is 0 Å². The van der Waals surface area contributed by atoms with Gasteiger partial charge in [-0.15, -0.1) is 11.3 Å². The molecule has 0 aromatic carbocycles. The number of aliphatic hydroxyl groups excluding tert-OH is 1. The third kappa shape index (κ3) is 2.16. The summed E-state index contributed by atoms with van der Waals surface area (Å²) in [4.78, 5) is 0.256. The van der Waals surface area contributed by atoms with Crippen molar-refractivity contribution in [2.45, 2.75) is 11.0 Å². The largest absolute Gasteiger partial charge is 0.390 e. The van der Waals surface area contributed by atoms with E-state index in [-0.39, 0.29) is 18.0 Å². The molecule has 1 aliphatic rings. The highest BCUT2D eigenvalue weighted by Crippen LogP contribution is 2.37. The summed E-state index contributed by atoms with van der Waals surface area (Å²) < 4.78 is 26.5. The number of halogens is 2. The molecule has 1 fully saturated rings. The molecule has 2 rings (SSSR count). The Kier molecular flexibility index (Phi) is 3.26. The van der Waals surface area contributed by atoms with E-state index in [0.29, 0.717) is 3.79 Å². The summed E-state index contributed by atoms with van der Waals surface area (Å²) in [5, 5.41) is 9.08. The predicted molar refractivity (Wildman–Crippen MR) is 64.5 cm³/mol. The molecule has 1 aromatic rings. The monoisotopic (exact) mass is 375 g/mol. The smallest absolute Gasteiger partial charge is 0.245 e. The molecule has 8 heteroatoms. The lowest BCUT2D eigenvalue weighted by Gasteiger charge is -2.34. The zero-order chi connectivity index (χ0) is 11.2. The van der Waals surface area contributed by atoms with Crippen molar-refractivity contribution in [1.82, 2.24) is 4.31 Å². The van der Waals surface area contributed by atoms with Crippen LogP contribution in [0.1, 0.15) is 0 Å². The molecule has 2 heterocycles. The zero-order valence-electron chi connectivity index (χ0n) is 7.35. The number of hydrogen-bond acceptors (Lipinski definition) is 4. The minimum atomic E-state index is -3.44. The molecule has 84 valence electrons. The Morgan fingerprint density at radius 1 is 1.47 bits per heavy atom. The Morgan fingerprint density at radius 2 is 2.07 bits per heavy atom. The van der Waals surface area contributed by atoms with Crippen LogP contribution in [0, 0.1) is 0 Å². The molecular formula is C7H7Br2NO3S2. The summed E-state index contributed by atoms with van der Waals surface area (Å²) in [5.74, 6) is 0. The van der Waals surface area contributed by atoms with E-state index in [4.69, 9.17) is 5.11 Å². The van der Waals surface area contributed by atoms with Gasteiger partial charge in [-0.1, -0.05) is 0 Å². The number of hydrogen-bond donors (Lipinski definition) is 1. The fourth-order valence-corrected chi connectivity index (χ4v) is 6.53. The van der Waals surface area contributed by atoms with Gasteiger partial charge < -0.3 is 5.11 Å². The van der Waals surface area contributed by atoms with Crippen LogP contribution in [-0.2, 0) is 10.0 Å². The standard InChI is InChI=1S/C7H7Br2NO3S2/c8-6-1-5(7(9)14-6)15(12,13)10-2-4(11)3-10/h1,4,11H,2-3H2. The van der Waals surface area contributed by atoms with Gasteiger partial charge in [-0.2, -0.15) is 4.31 Å². The minimum Gasteiger partial charge on any atom is -0.390 e. The molecule has 1 aromatic heterocycles. The lowest BCUT2D eigenvalue weighted by Crippen LogP contribution is -2.53. The fourth-order valence-electron chi connectivity index (χ4n) is 1.25. The van der Waals surface area contributed by atoms with Crippen LogP contribution < -0.4 is 0 Å². The predicted octanol–water partition coefficient (Wildman–Crippen LogP) is 1.64. The molecule has 4 nitrogen and oxygen atoms in total. The van der Waals surface area contributed by atoms with Crippen LogP contribution in [0.2, 0.25) is 0 Å². The Labute approximate surface area is 108 Å². The lowest BCUT2D eigenvalue weighted by molar-refractivity contribution is 0.0548. The second-order valence-electron chi connectivity index (χ2n) is 3.16. The first-order valence-electron chi connectivity index (χ1n) is 4.04. The van der Waals surface area contributed by atoms with Crippen molar-refractivity contribution < 1.29 is 13.5 Å². The first-order chi connectivity index (χ1) is 6.91. The van der Waals surface area contributed by atoms with E-state index in [1.165, 1.54) is 15.6 Å². The maximum absolute atomic E-state index is 12.0. The number of thiophene rings is 1. The molecule has 0 atom stereocenters. The highest BCUT2D eigenvalue weighted by atomic mass is 79.9. The second kappa shape index (κ2) is 4.08. The zero-order valence-corrected chi connectivity index (χ0v) is 12.2. The maximum atomic E-state index is 12.0. The highest BCUT2D eigenvalue weighted by molar-refractivity contribution is 9.12. The summed E-state index contributed by atoms with van der Waals surface area (Å²) in [6.07, 6.45) is -0.527. The van der Waals surface area contributed by atoms with Gasteiger partial charge in [0, 0.05) is 13.1 Å². The van der Waals surface area contributed by atoms with Crippen LogP contribution in [0.5, 0.6) is 0 Å². The van der Waals surface area contributed by atoms with Crippen LogP contribution in [0.15, 0.2) is 18.5 Å². The van der Waals surface area contributed by atoms with Crippen molar-refractivity contribution in [2.75, 3.05) is 13.1 Å². The van der Waals surface area contributed by atoms with Crippen LogP contribution in [0.3, 0.4) is 0 Å². The van der Waals surface area contributed by atoms with Crippen molar-refractivity contribution in [1.29, 1.82) is 0 Å². The molecule has 0 bridgehead atoms. The summed E-state index contributed by atoms with van der Waals surface area (Å²) in [7, 11) is -3.44. The van der Waals surface area contributed by atoms with Gasteiger partial charge in [-0.3, -0.25) is 0 Å². The van der Waals surface area contributed by atoms with E-state index >= 15 is 0 Å².